The van der Waals surface area contributed by atoms with E-state index in [9.17, 15) is 0 Å². The summed E-state index contributed by atoms with van der Waals surface area (Å²) in [7, 11) is 0.463. The van der Waals surface area contributed by atoms with Gasteiger partial charge in [0.15, 0.2) is 8.32 Å². The van der Waals surface area contributed by atoms with Crippen LogP contribution in [0.15, 0.2) is 0 Å². The molecule has 2 nitrogen and oxygen atoms in total. The first kappa shape index (κ1) is 8.14. The van der Waals surface area contributed by atoms with Crippen molar-refractivity contribution in [3.05, 3.63) is 0 Å². The van der Waals surface area contributed by atoms with Gasteiger partial charge in [-0.3, -0.25) is 0 Å². The Hall–Kier alpha value is 0.137. The quantitative estimate of drug-likeness (QED) is 0.578. The average Bonchev–Trinajstić information content (AvgIpc) is 1.67. The molecule has 0 rings (SSSR count). The minimum Gasteiger partial charge on any atom is -0.420 e. The van der Waals surface area contributed by atoms with Crippen LogP contribution >= 0.6 is 0 Å². The summed E-state index contributed by atoms with van der Waals surface area (Å²) in [6.07, 6.45) is 0. The number of hydrogen-bond donors (Lipinski definition) is 1. The van der Waals surface area contributed by atoms with E-state index in [0.717, 1.165) is 12.6 Å². The molecule has 0 atom stereocenters. The molecule has 0 aromatic rings. The average molecular weight is 133 g/mol. The summed E-state index contributed by atoms with van der Waals surface area (Å²) < 4.78 is 5.24. The molecule has 0 aliphatic carbocycles. The van der Waals surface area contributed by atoms with Gasteiger partial charge in [-0.25, -0.2) is 0 Å². The van der Waals surface area contributed by atoms with Crippen molar-refractivity contribution in [1.82, 2.24) is 0 Å². The Kier molecular flexibility index (Phi) is 3.27. The molecule has 0 saturated carbocycles. The van der Waals surface area contributed by atoms with Crippen LogP contribution in [-0.2, 0) is 4.43 Å². The van der Waals surface area contributed by atoms with Gasteiger partial charge in [-0.05, 0) is 25.7 Å². The highest BCUT2D eigenvalue weighted by Gasteiger charge is 2.17. The van der Waals surface area contributed by atoms with E-state index in [4.69, 9.17) is 10.2 Å². The second-order valence-corrected chi connectivity index (χ2v) is 6.93. The predicted molar refractivity (Wildman–Crippen MR) is 38.4 cm³/mol. The number of nitrogens with two attached hydrogens (primary N) is 1. The summed E-state index contributed by atoms with van der Waals surface area (Å²) >= 11 is 0. The largest absolute Gasteiger partial charge is 0.420 e. The van der Waals surface area contributed by atoms with Gasteiger partial charge in [-0.1, -0.05) is 0 Å². The topological polar surface area (TPSA) is 35.2 Å². The Bertz CT molecular complexity index is 65.4. The lowest BCUT2D eigenvalue weighted by Gasteiger charge is -2.17. The number of hydrogen-bond acceptors (Lipinski definition) is 2. The van der Waals surface area contributed by atoms with Crippen molar-refractivity contribution in [2.45, 2.75) is 19.1 Å². The highest BCUT2D eigenvalue weighted by molar-refractivity contribution is 6.71. The van der Waals surface area contributed by atoms with Gasteiger partial charge in [-0.15, -0.1) is 0 Å². The zero-order chi connectivity index (χ0) is 6.62. The normalized spacial score (nSPS) is 12.0. The van der Waals surface area contributed by atoms with Gasteiger partial charge in [0.25, 0.3) is 0 Å². The molecule has 0 aliphatic rings. The van der Waals surface area contributed by atoms with Crippen LogP contribution in [0, 0.1) is 0 Å². The zero-order valence-electron chi connectivity index (χ0n) is 5.90. The van der Waals surface area contributed by atoms with Gasteiger partial charge in [0, 0.05) is 7.11 Å². The van der Waals surface area contributed by atoms with Crippen molar-refractivity contribution in [3.8, 4) is 0 Å². The van der Waals surface area contributed by atoms with Crippen LogP contribution in [0.1, 0.15) is 0 Å². The summed E-state index contributed by atoms with van der Waals surface area (Å²) in [6.45, 7) is 5.09. The summed E-state index contributed by atoms with van der Waals surface area (Å²) in [5.41, 5.74) is 5.34. The van der Waals surface area contributed by atoms with E-state index in [0.29, 0.717) is 0 Å². The van der Waals surface area contributed by atoms with Gasteiger partial charge >= 0.3 is 0 Å². The van der Waals surface area contributed by atoms with E-state index in [1.165, 1.54) is 0 Å². The SMILES string of the molecule is CO[Si](C)(C)CCN. The third-order valence-electron chi connectivity index (χ3n) is 1.30. The summed E-state index contributed by atoms with van der Waals surface area (Å²) in [5.74, 6) is 0. The van der Waals surface area contributed by atoms with Crippen molar-refractivity contribution in [2.24, 2.45) is 5.73 Å². The Morgan fingerprint density at radius 2 is 2.00 bits per heavy atom. The third kappa shape index (κ3) is 3.18. The number of rotatable bonds is 3. The second kappa shape index (κ2) is 3.22. The molecule has 0 radical (unpaired) electrons. The lowest BCUT2D eigenvalue weighted by molar-refractivity contribution is 0.404. The minimum atomic E-state index is -1.30. The van der Waals surface area contributed by atoms with E-state index in [1.807, 2.05) is 0 Å². The molecule has 50 valence electrons. The lowest BCUT2D eigenvalue weighted by Crippen LogP contribution is -2.31. The van der Waals surface area contributed by atoms with Crippen molar-refractivity contribution >= 4 is 8.32 Å². The molecule has 0 spiro atoms. The molecule has 0 fully saturated rings. The van der Waals surface area contributed by atoms with E-state index in [1.54, 1.807) is 7.11 Å². The van der Waals surface area contributed by atoms with Crippen LogP contribution in [0.5, 0.6) is 0 Å². The Morgan fingerprint density at radius 1 is 1.50 bits per heavy atom. The third-order valence-corrected chi connectivity index (χ3v) is 3.90. The van der Waals surface area contributed by atoms with Crippen molar-refractivity contribution in [2.75, 3.05) is 13.7 Å². The first-order chi connectivity index (χ1) is 3.62. The van der Waals surface area contributed by atoms with Gasteiger partial charge in [0.2, 0.25) is 0 Å². The maximum absolute atomic E-state index is 5.34. The molecule has 0 bridgehead atoms. The van der Waals surface area contributed by atoms with Crippen LogP contribution < -0.4 is 5.73 Å². The van der Waals surface area contributed by atoms with Gasteiger partial charge in [0.1, 0.15) is 0 Å². The van der Waals surface area contributed by atoms with Crippen LogP contribution in [0.3, 0.4) is 0 Å². The summed E-state index contributed by atoms with van der Waals surface area (Å²) in [4.78, 5) is 0. The summed E-state index contributed by atoms with van der Waals surface area (Å²) in [6, 6.07) is 1.06. The minimum absolute atomic E-state index is 0.757. The smallest absolute Gasteiger partial charge is 0.187 e. The maximum atomic E-state index is 5.34. The molecule has 0 amide bonds. The Labute approximate surface area is 52.2 Å². The van der Waals surface area contributed by atoms with E-state index in [2.05, 4.69) is 13.1 Å². The molecule has 2 N–H and O–H groups in total. The summed E-state index contributed by atoms with van der Waals surface area (Å²) in [5, 5.41) is 0. The van der Waals surface area contributed by atoms with Gasteiger partial charge in [0.05, 0.1) is 0 Å². The molecule has 0 aromatic carbocycles. The fraction of sp³-hybridized carbons (Fsp3) is 1.00. The monoisotopic (exact) mass is 133 g/mol. The van der Waals surface area contributed by atoms with Crippen LogP contribution in [-0.4, -0.2) is 22.0 Å². The molecule has 8 heavy (non-hydrogen) atoms. The first-order valence-corrected chi connectivity index (χ1v) is 5.99. The molecule has 0 unspecified atom stereocenters. The molecular formula is C5H15NOSi. The van der Waals surface area contributed by atoms with E-state index >= 15 is 0 Å². The highest BCUT2D eigenvalue weighted by Crippen LogP contribution is 2.06. The van der Waals surface area contributed by atoms with Crippen molar-refractivity contribution in [1.29, 1.82) is 0 Å². The predicted octanol–water partition coefficient (Wildman–Crippen LogP) is 0.797. The zero-order valence-corrected chi connectivity index (χ0v) is 6.90. The highest BCUT2D eigenvalue weighted by atomic mass is 28.4. The Balaban J connectivity index is 3.37. The lowest BCUT2D eigenvalue weighted by atomic mass is 10.8. The van der Waals surface area contributed by atoms with Gasteiger partial charge < -0.3 is 10.2 Å². The van der Waals surface area contributed by atoms with Gasteiger partial charge in [-0.2, -0.15) is 0 Å². The molecule has 0 saturated heterocycles. The second-order valence-electron chi connectivity index (χ2n) is 2.50. The molecule has 0 aromatic heterocycles. The molecule has 0 aliphatic heterocycles. The molecule has 0 heterocycles. The van der Waals surface area contributed by atoms with E-state index in [-0.39, 0.29) is 0 Å². The van der Waals surface area contributed by atoms with Crippen LogP contribution in [0.4, 0.5) is 0 Å². The van der Waals surface area contributed by atoms with Crippen LogP contribution in [0.2, 0.25) is 19.1 Å². The maximum Gasteiger partial charge on any atom is 0.187 e. The fourth-order valence-corrected chi connectivity index (χ4v) is 1.35. The van der Waals surface area contributed by atoms with Crippen molar-refractivity contribution in [3.63, 3.8) is 0 Å². The van der Waals surface area contributed by atoms with Crippen molar-refractivity contribution < 1.29 is 4.43 Å². The van der Waals surface area contributed by atoms with Crippen LogP contribution in [0.25, 0.3) is 0 Å². The van der Waals surface area contributed by atoms with E-state index < -0.39 is 8.32 Å². The molecule has 3 heteroatoms. The standard InChI is InChI=1S/C5H15NOSi/c1-7-8(2,3)5-4-6/h4-6H2,1-3H3. The molecular weight excluding hydrogens is 118 g/mol. The Morgan fingerprint density at radius 3 is 2.12 bits per heavy atom. The fourth-order valence-electron chi connectivity index (χ4n) is 0.450. The first-order valence-electron chi connectivity index (χ1n) is 2.87.